The van der Waals surface area contributed by atoms with Gasteiger partial charge in [-0.15, -0.1) is 0 Å². The molecule has 7 heteroatoms. The monoisotopic (exact) mass is 341 g/mol. The van der Waals surface area contributed by atoms with Crippen LogP contribution < -0.4 is 0 Å². The maximum Gasteiger partial charge on any atom is 0.281 e. The Balaban J connectivity index is 1.75. The lowest BCUT2D eigenvalue weighted by Gasteiger charge is -2.32. The van der Waals surface area contributed by atoms with Crippen LogP contribution in [0.3, 0.4) is 0 Å². The molecular weight excluding hydrogens is 322 g/mol. The van der Waals surface area contributed by atoms with Gasteiger partial charge in [0, 0.05) is 54.7 Å². The summed E-state index contributed by atoms with van der Waals surface area (Å²) in [6.45, 7) is 1.11. The summed E-state index contributed by atoms with van der Waals surface area (Å²) < 4.78 is 27.1. The maximum atomic E-state index is 12.1. The summed E-state index contributed by atoms with van der Waals surface area (Å²) in [6.07, 6.45) is 1.65. The predicted octanol–water partition coefficient (Wildman–Crippen LogP) is 2.81. The van der Waals surface area contributed by atoms with E-state index in [1.54, 1.807) is 18.4 Å². The van der Waals surface area contributed by atoms with Crippen molar-refractivity contribution >= 4 is 32.7 Å². The third kappa shape index (κ3) is 2.88. The van der Waals surface area contributed by atoms with Gasteiger partial charge in [-0.05, 0) is 37.1 Å². The van der Waals surface area contributed by atoms with Gasteiger partial charge in [-0.3, -0.25) is 0 Å². The van der Waals surface area contributed by atoms with Gasteiger partial charge >= 0.3 is 0 Å². The molecule has 3 rings (SSSR count). The van der Waals surface area contributed by atoms with Crippen LogP contribution in [-0.4, -0.2) is 49.2 Å². The molecule has 0 unspecified atom stereocenters. The summed E-state index contributed by atoms with van der Waals surface area (Å²) in [5.74, 6) is 0.361. The molecule has 1 aliphatic rings. The number of aromatic nitrogens is 1. The van der Waals surface area contributed by atoms with Crippen LogP contribution in [0.25, 0.3) is 10.9 Å². The van der Waals surface area contributed by atoms with Gasteiger partial charge in [0.25, 0.3) is 10.2 Å². The predicted molar refractivity (Wildman–Crippen MR) is 89.5 cm³/mol. The molecule has 0 aliphatic carbocycles. The SMILES string of the molecule is CN(C)S(=O)(=O)N1CCC(c2cc3cc(Cl)ccc3[nH]2)CC1. The average molecular weight is 342 g/mol. The number of nitrogens with one attached hydrogen (secondary N) is 1. The molecule has 22 heavy (non-hydrogen) atoms. The largest absolute Gasteiger partial charge is 0.358 e. The number of piperidine rings is 1. The Bertz CT molecular complexity index is 777. The zero-order valence-electron chi connectivity index (χ0n) is 12.7. The molecule has 120 valence electrons. The van der Waals surface area contributed by atoms with E-state index in [4.69, 9.17) is 11.6 Å². The van der Waals surface area contributed by atoms with Crippen LogP contribution in [0.2, 0.25) is 5.02 Å². The Morgan fingerprint density at radius 3 is 2.55 bits per heavy atom. The third-order valence-electron chi connectivity index (χ3n) is 4.29. The van der Waals surface area contributed by atoms with Crippen molar-refractivity contribution in [2.24, 2.45) is 0 Å². The minimum atomic E-state index is -3.30. The van der Waals surface area contributed by atoms with Crippen molar-refractivity contribution in [1.82, 2.24) is 13.6 Å². The fourth-order valence-corrected chi connectivity index (χ4v) is 4.29. The van der Waals surface area contributed by atoms with Crippen molar-refractivity contribution in [3.63, 3.8) is 0 Å². The van der Waals surface area contributed by atoms with Gasteiger partial charge in [0.2, 0.25) is 0 Å². The van der Waals surface area contributed by atoms with E-state index in [0.717, 1.165) is 28.8 Å². The van der Waals surface area contributed by atoms with Gasteiger partial charge in [0.05, 0.1) is 0 Å². The number of hydrogen-bond donors (Lipinski definition) is 1. The van der Waals surface area contributed by atoms with Crippen LogP contribution in [0.4, 0.5) is 0 Å². The zero-order chi connectivity index (χ0) is 15.9. The summed E-state index contributed by atoms with van der Waals surface area (Å²) in [7, 11) is -0.152. The third-order valence-corrected chi connectivity index (χ3v) is 6.46. The van der Waals surface area contributed by atoms with E-state index in [2.05, 4.69) is 11.1 Å². The summed E-state index contributed by atoms with van der Waals surface area (Å²) in [5.41, 5.74) is 2.24. The lowest BCUT2D eigenvalue weighted by Crippen LogP contribution is -2.44. The second-order valence-electron chi connectivity index (χ2n) is 5.92. The Morgan fingerprint density at radius 1 is 1.23 bits per heavy atom. The van der Waals surface area contributed by atoms with E-state index >= 15 is 0 Å². The minimum Gasteiger partial charge on any atom is -0.358 e. The summed E-state index contributed by atoms with van der Waals surface area (Å²) in [6, 6.07) is 7.92. The fraction of sp³-hybridized carbons (Fsp3) is 0.467. The summed E-state index contributed by atoms with van der Waals surface area (Å²) in [4.78, 5) is 3.43. The molecule has 2 heterocycles. The number of halogens is 1. The van der Waals surface area contributed by atoms with Crippen LogP contribution in [0, 0.1) is 0 Å². The first-order valence-corrected chi connectivity index (χ1v) is 9.11. The van der Waals surface area contributed by atoms with E-state index in [1.165, 1.54) is 10.00 Å². The lowest BCUT2D eigenvalue weighted by atomic mass is 9.95. The highest BCUT2D eigenvalue weighted by molar-refractivity contribution is 7.86. The Hall–Kier alpha value is -1.08. The number of benzene rings is 1. The highest BCUT2D eigenvalue weighted by Gasteiger charge is 2.30. The van der Waals surface area contributed by atoms with Gasteiger partial charge in [0.1, 0.15) is 0 Å². The highest BCUT2D eigenvalue weighted by Crippen LogP contribution is 2.31. The van der Waals surface area contributed by atoms with E-state index in [9.17, 15) is 8.42 Å². The van der Waals surface area contributed by atoms with Crippen molar-refractivity contribution in [1.29, 1.82) is 0 Å². The molecule has 1 aromatic heterocycles. The normalized spacial score (nSPS) is 18.4. The molecular formula is C15H20ClN3O2S. The molecule has 1 N–H and O–H groups in total. The van der Waals surface area contributed by atoms with E-state index in [0.29, 0.717) is 19.0 Å². The van der Waals surface area contributed by atoms with Crippen molar-refractivity contribution in [3.05, 3.63) is 35.0 Å². The van der Waals surface area contributed by atoms with E-state index < -0.39 is 10.2 Å². The minimum absolute atomic E-state index is 0.361. The average Bonchev–Trinajstić information content (AvgIpc) is 2.90. The Labute approximate surface area is 136 Å². The maximum absolute atomic E-state index is 12.1. The molecule has 0 radical (unpaired) electrons. The Morgan fingerprint density at radius 2 is 1.91 bits per heavy atom. The molecule has 0 spiro atoms. The smallest absolute Gasteiger partial charge is 0.281 e. The number of rotatable bonds is 3. The van der Waals surface area contributed by atoms with Gasteiger partial charge < -0.3 is 4.98 Å². The molecule has 1 saturated heterocycles. The van der Waals surface area contributed by atoms with Crippen molar-refractivity contribution in [2.75, 3.05) is 27.2 Å². The molecule has 5 nitrogen and oxygen atoms in total. The molecule has 1 fully saturated rings. The zero-order valence-corrected chi connectivity index (χ0v) is 14.3. The van der Waals surface area contributed by atoms with Gasteiger partial charge in [-0.25, -0.2) is 0 Å². The summed E-state index contributed by atoms with van der Waals surface area (Å²) in [5, 5.41) is 1.83. The van der Waals surface area contributed by atoms with Crippen LogP contribution in [0.5, 0.6) is 0 Å². The number of fused-ring (bicyclic) bond motifs is 1. The van der Waals surface area contributed by atoms with Crippen molar-refractivity contribution < 1.29 is 8.42 Å². The van der Waals surface area contributed by atoms with E-state index in [-0.39, 0.29) is 0 Å². The van der Waals surface area contributed by atoms with Crippen LogP contribution >= 0.6 is 11.6 Å². The first-order valence-electron chi connectivity index (χ1n) is 7.33. The van der Waals surface area contributed by atoms with Gasteiger partial charge in [-0.1, -0.05) is 11.6 Å². The lowest BCUT2D eigenvalue weighted by molar-refractivity contribution is 0.300. The van der Waals surface area contributed by atoms with Gasteiger partial charge in [-0.2, -0.15) is 17.0 Å². The first kappa shape index (κ1) is 15.8. The molecule has 0 atom stereocenters. The van der Waals surface area contributed by atoms with Crippen LogP contribution in [-0.2, 0) is 10.2 Å². The molecule has 1 aromatic carbocycles. The first-order chi connectivity index (χ1) is 10.4. The molecule has 2 aromatic rings. The number of hydrogen-bond acceptors (Lipinski definition) is 2. The quantitative estimate of drug-likeness (QED) is 0.933. The van der Waals surface area contributed by atoms with Gasteiger partial charge in [0.15, 0.2) is 0 Å². The second kappa shape index (κ2) is 5.85. The number of aromatic amines is 1. The van der Waals surface area contributed by atoms with E-state index in [1.807, 2.05) is 18.2 Å². The molecule has 1 aliphatic heterocycles. The summed E-state index contributed by atoms with van der Waals surface area (Å²) >= 11 is 6.02. The number of H-pyrrole nitrogens is 1. The van der Waals surface area contributed by atoms with Crippen LogP contribution in [0.15, 0.2) is 24.3 Å². The molecule has 0 saturated carbocycles. The standard InChI is InChI=1S/C15H20ClN3O2S/c1-18(2)22(20,21)19-7-5-11(6-8-19)15-10-12-9-13(16)3-4-14(12)17-15/h3-4,9-11,17H,5-8H2,1-2H3. The van der Waals surface area contributed by atoms with Crippen molar-refractivity contribution in [3.8, 4) is 0 Å². The Kier molecular flexibility index (Phi) is 4.20. The fourth-order valence-electron chi connectivity index (χ4n) is 2.97. The molecule has 0 bridgehead atoms. The van der Waals surface area contributed by atoms with Crippen LogP contribution in [0.1, 0.15) is 24.5 Å². The number of nitrogens with zero attached hydrogens (tertiary/aromatic N) is 2. The second-order valence-corrected chi connectivity index (χ2v) is 8.50. The van der Waals surface area contributed by atoms with Crippen molar-refractivity contribution in [2.45, 2.75) is 18.8 Å². The highest BCUT2D eigenvalue weighted by atomic mass is 35.5. The molecule has 0 amide bonds. The topological polar surface area (TPSA) is 56.4 Å².